The van der Waals surface area contributed by atoms with Crippen LogP contribution in [0.25, 0.3) is 0 Å². The van der Waals surface area contributed by atoms with Gasteiger partial charge in [-0.05, 0) is 23.5 Å². The third-order valence-electron chi connectivity index (χ3n) is 2.77. The summed E-state index contributed by atoms with van der Waals surface area (Å²) in [6, 6.07) is 6.03. The Morgan fingerprint density at radius 3 is 1.59 bits per heavy atom. The highest BCUT2D eigenvalue weighted by Gasteiger charge is 2.25. The molecule has 0 radical (unpaired) electrons. The van der Waals surface area contributed by atoms with Gasteiger partial charge >= 0.3 is 0 Å². The van der Waals surface area contributed by atoms with Gasteiger partial charge in [-0.25, -0.2) is 0 Å². The fourth-order valence-corrected chi connectivity index (χ4v) is 5.26. The van der Waals surface area contributed by atoms with Crippen LogP contribution in [0.2, 0.25) is 0 Å². The molecule has 0 aliphatic heterocycles. The van der Waals surface area contributed by atoms with Crippen LogP contribution in [0.15, 0.2) is 18.2 Å². The molecular formula is C14H23O2P. The molecule has 2 nitrogen and oxygen atoms in total. The first kappa shape index (κ1) is 14.3. The fraction of sp³-hybridized carbons (Fsp3) is 0.571. The third-order valence-corrected chi connectivity index (χ3v) is 5.96. The molecule has 0 aliphatic rings. The van der Waals surface area contributed by atoms with Crippen molar-refractivity contribution in [3.05, 3.63) is 18.2 Å². The van der Waals surface area contributed by atoms with E-state index in [1.54, 1.807) is 14.2 Å². The Hall–Kier alpha value is -0.750. The van der Waals surface area contributed by atoms with Crippen LogP contribution in [0.4, 0.5) is 0 Å². The van der Waals surface area contributed by atoms with E-state index in [4.69, 9.17) is 9.47 Å². The third kappa shape index (κ3) is 3.13. The van der Waals surface area contributed by atoms with Crippen molar-refractivity contribution in [1.29, 1.82) is 0 Å². The minimum absolute atomic E-state index is 0.277. The summed E-state index contributed by atoms with van der Waals surface area (Å²) in [7, 11) is 3.18. The first-order valence-electron chi connectivity index (χ1n) is 6.02. The molecule has 17 heavy (non-hydrogen) atoms. The average Bonchev–Trinajstić information content (AvgIpc) is 2.28. The summed E-state index contributed by atoms with van der Waals surface area (Å²) in [4.78, 5) is 0. The molecular weight excluding hydrogens is 231 g/mol. The summed E-state index contributed by atoms with van der Waals surface area (Å²) in [6.07, 6.45) is 0. The number of ether oxygens (including phenoxy) is 2. The van der Waals surface area contributed by atoms with Crippen LogP contribution in [0.1, 0.15) is 27.7 Å². The van der Waals surface area contributed by atoms with Crippen molar-refractivity contribution in [2.45, 2.75) is 39.0 Å². The van der Waals surface area contributed by atoms with Gasteiger partial charge in [-0.1, -0.05) is 41.7 Å². The smallest absolute Gasteiger partial charge is 0.130 e. The zero-order valence-corrected chi connectivity index (χ0v) is 12.5. The highest BCUT2D eigenvalue weighted by molar-refractivity contribution is 7.67. The molecule has 0 N–H and O–H groups in total. The van der Waals surface area contributed by atoms with E-state index in [-0.39, 0.29) is 7.92 Å². The van der Waals surface area contributed by atoms with Crippen LogP contribution in [0.3, 0.4) is 0 Å². The standard InChI is InChI=1S/C14H23O2P/c1-10(2)17(11(3)4)14-12(15-5)8-7-9-13(14)16-6/h7-11H,1-6H3. The molecule has 3 heteroatoms. The first-order valence-corrected chi connectivity index (χ1v) is 7.50. The molecule has 0 saturated carbocycles. The van der Waals surface area contributed by atoms with Crippen LogP contribution < -0.4 is 14.8 Å². The lowest BCUT2D eigenvalue weighted by Gasteiger charge is -2.29. The Balaban J connectivity index is 3.33. The number of hydrogen-bond donors (Lipinski definition) is 0. The fourth-order valence-electron chi connectivity index (χ4n) is 2.20. The van der Waals surface area contributed by atoms with Gasteiger partial charge in [0.2, 0.25) is 0 Å². The van der Waals surface area contributed by atoms with Crippen molar-refractivity contribution in [3.63, 3.8) is 0 Å². The molecule has 1 aromatic carbocycles. The second-order valence-electron chi connectivity index (χ2n) is 4.61. The maximum Gasteiger partial charge on any atom is 0.130 e. The van der Waals surface area contributed by atoms with Crippen LogP contribution >= 0.6 is 7.92 Å². The van der Waals surface area contributed by atoms with E-state index in [1.165, 1.54) is 5.30 Å². The summed E-state index contributed by atoms with van der Waals surface area (Å²) >= 11 is 0. The van der Waals surface area contributed by atoms with E-state index in [2.05, 4.69) is 27.7 Å². The van der Waals surface area contributed by atoms with E-state index in [0.717, 1.165) is 11.5 Å². The van der Waals surface area contributed by atoms with Gasteiger partial charge in [0, 0.05) is 0 Å². The lowest BCUT2D eigenvalue weighted by atomic mass is 10.3. The van der Waals surface area contributed by atoms with Gasteiger partial charge in [-0.2, -0.15) is 0 Å². The van der Waals surface area contributed by atoms with Gasteiger partial charge < -0.3 is 9.47 Å². The zero-order chi connectivity index (χ0) is 13.0. The number of benzene rings is 1. The van der Waals surface area contributed by atoms with E-state index >= 15 is 0 Å². The summed E-state index contributed by atoms with van der Waals surface area (Å²) in [5, 5.41) is 1.26. The van der Waals surface area contributed by atoms with Gasteiger partial charge in [0.15, 0.2) is 0 Å². The van der Waals surface area contributed by atoms with E-state index in [9.17, 15) is 0 Å². The molecule has 0 unspecified atom stereocenters. The Bertz CT molecular complexity index is 331. The van der Waals surface area contributed by atoms with Crippen molar-refractivity contribution < 1.29 is 9.47 Å². The van der Waals surface area contributed by atoms with Gasteiger partial charge in [-0.15, -0.1) is 0 Å². The van der Waals surface area contributed by atoms with Gasteiger partial charge in [0.05, 0.1) is 19.5 Å². The van der Waals surface area contributed by atoms with Gasteiger partial charge in [0.1, 0.15) is 11.5 Å². The van der Waals surface area contributed by atoms with Crippen molar-refractivity contribution in [2.24, 2.45) is 0 Å². The topological polar surface area (TPSA) is 18.5 Å². The Morgan fingerprint density at radius 2 is 1.29 bits per heavy atom. The van der Waals surface area contributed by atoms with Crippen molar-refractivity contribution in [3.8, 4) is 11.5 Å². The second-order valence-corrected chi connectivity index (χ2v) is 7.93. The lowest BCUT2D eigenvalue weighted by molar-refractivity contribution is 0.400. The monoisotopic (exact) mass is 254 g/mol. The van der Waals surface area contributed by atoms with Gasteiger partial charge in [-0.3, -0.25) is 0 Å². The van der Waals surface area contributed by atoms with E-state index in [1.807, 2.05) is 18.2 Å². The largest absolute Gasteiger partial charge is 0.496 e. The van der Waals surface area contributed by atoms with Crippen molar-refractivity contribution >= 4 is 13.2 Å². The highest BCUT2D eigenvalue weighted by atomic mass is 31.1. The predicted molar refractivity (Wildman–Crippen MR) is 76.4 cm³/mol. The first-order chi connectivity index (χ1) is 8.02. The molecule has 0 bridgehead atoms. The molecule has 96 valence electrons. The normalized spacial score (nSPS) is 11.4. The number of hydrogen-bond acceptors (Lipinski definition) is 2. The van der Waals surface area contributed by atoms with Gasteiger partial charge in [0.25, 0.3) is 0 Å². The predicted octanol–water partition coefficient (Wildman–Crippen LogP) is 3.63. The maximum atomic E-state index is 5.51. The molecule has 0 fully saturated rings. The minimum Gasteiger partial charge on any atom is -0.496 e. The van der Waals surface area contributed by atoms with E-state index in [0.29, 0.717) is 11.3 Å². The minimum atomic E-state index is -0.277. The molecule has 1 aromatic rings. The molecule has 0 spiro atoms. The Labute approximate surface area is 106 Å². The average molecular weight is 254 g/mol. The summed E-state index contributed by atoms with van der Waals surface area (Å²) in [5.74, 6) is 1.91. The molecule has 0 amide bonds. The summed E-state index contributed by atoms with van der Waals surface area (Å²) < 4.78 is 11.0. The zero-order valence-electron chi connectivity index (χ0n) is 11.7. The summed E-state index contributed by atoms with van der Waals surface area (Å²) in [5.41, 5.74) is 1.24. The van der Waals surface area contributed by atoms with Crippen LogP contribution in [-0.2, 0) is 0 Å². The molecule has 0 aromatic heterocycles. The molecule has 0 saturated heterocycles. The lowest BCUT2D eigenvalue weighted by Crippen LogP contribution is -2.19. The Kier molecular flexibility index (Phi) is 5.27. The van der Waals surface area contributed by atoms with Crippen LogP contribution in [-0.4, -0.2) is 25.5 Å². The van der Waals surface area contributed by atoms with E-state index < -0.39 is 0 Å². The van der Waals surface area contributed by atoms with Crippen LogP contribution in [0.5, 0.6) is 11.5 Å². The molecule has 0 heterocycles. The summed E-state index contributed by atoms with van der Waals surface area (Å²) in [6.45, 7) is 9.10. The van der Waals surface area contributed by atoms with Crippen molar-refractivity contribution in [2.75, 3.05) is 14.2 Å². The Morgan fingerprint density at radius 1 is 0.882 bits per heavy atom. The number of rotatable bonds is 5. The highest BCUT2D eigenvalue weighted by Crippen LogP contribution is 2.49. The second kappa shape index (κ2) is 6.26. The molecule has 0 aliphatic carbocycles. The number of methoxy groups -OCH3 is 2. The molecule has 0 atom stereocenters. The van der Waals surface area contributed by atoms with Crippen molar-refractivity contribution in [1.82, 2.24) is 0 Å². The SMILES string of the molecule is COc1cccc(OC)c1P(C(C)C)C(C)C. The maximum absolute atomic E-state index is 5.51. The molecule has 1 rings (SSSR count). The quantitative estimate of drug-likeness (QED) is 0.747. The van der Waals surface area contributed by atoms with Crippen LogP contribution in [0, 0.1) is 0 Å².